The van der Waals surface area contributed by atoms with Crippen LogP contribution < -0.4 is 15.3 Å². The summed E-state index contributed by atoms with van der Waals surface area (Å²) >= 11 is 0. The molecule has 7 nitrogen and oxygen atoms in total. The van der Waals surface area contributed by atoms with Crippen molar-refractivity contribution in [2.24, 2.45) is 0 Å². The zero-order valence-corrected chi connectivity index (χ0v) is 19.1. The first-order valence-corrected chi connectivity index (χ1v) is 11.0. The quantitative estimate of drug-likeness (QED) is 0.306. The Labute approximate surface area is 191 Å². The van der Waals surface area contributed by atoms with E-state index in [0.29, 0.717) is 27.8 Å². The Morgan fingerprint density at radius 2 is 1.76 bits per heavy atom. The minimum Gasteiger partial charge on any atom is -0.485 e. The van der Waals surface area contributed by atoms with Gasteiger partial charge in [-0.25, -0.2) is 4.79 Å². The van der Waals surface area contributed by atoms with E-state index < -0.39 is 11.6 Å². The van der Waals surface area contributed by atoms with E-state index in [0.717, 1.165) is 24.3 Å². The van der Waals surface area contributed by atoms with Gasteiger partial charge in [-0.15, -0.1) is 0 Å². The average molecular weight is 450 g/mol. The Balaban J connectivity index is 1.58. The lowest BCUT2D eigenvalue weighted by Crippen LogP contribution is -2.18. The summed E-state index contributed by atoms with van der Waals surface area (Å²) in [6, 6.07) is 11.1. The molecule has 0 N–H and O–H groups in total. The van der Waals surface area contributed by atoms with Gasteiger partial charge in [0.25, 0.3) is 0 Å². The molecule has 1 aliphatic rings. The number of benzene rings is 2. The van der Waals surface area contributed by atoms with Crippen LogP contribution in [-0.2, 0) is 16.0 Å². The number of hydrogen-bond acceptors (Lipinski definition) is 7. The van der Waals surface area contributed by atoms with E-state index in [1.54, 1.807) is 19.1 Å². The largest absolute Gasteiger partial charge is 0.485 e. The van der Waals surface area contributed by atoms with E-state index in [9.17, 15) is 14.4 Å². The van der Waals surface area contributed by atoms with Crippen molar-refractivity contribution in [3.05, 3.63) is 69.1 Å². The summed E-state index contributed by atoms with van der Waals surface area (Å²) in [5.74, 6) is -0.256. The van der Waals surface area contributed by atoms with Gasteiger partial charge in [0.2, 0.25) is 0 Å². The van der Waals surface area contributed by atoms with Gasteiger partial charge >= 0.3 is 11.6 Å². The molecule has 1 aliphatic heterocycles. The molecule has 0 amide bonds. The van der Waals surface area contributed by atoms with Gasteiger partial charge in [0.05, 0.1) is 24.5 Å². The zero-order chi connectivity index (χ0) is 23.5. The van der Waals surface area contributed by atoms with Crippen LogP contribution in [0.2, 0.25) is 0 Å². The number of rotatable bonds is 7. The van der Waals surface area contributed by atoms with Gasteiger partial charge in [-0.1, -0.05) is 0 Å². The molecule has 1 aromatic heterocycles. The number of ketones is 1. The van der Waals surface area contributed by atoms with Crippen LogP contribution in [0.3, 0.4) is 0 Å². The second-order valence-electron chi connectivity index (χ2n) is 8.34. The van der Waals surface area contributed by atoms with Crippen molar-refractivity contribution in [2.75, 3.05) is 31.7 Å². The van der Waals surface area contributed by atoms with Gasteiger partial charge < -0.3 is 18.8 Å². The molecule has 0 spiro atoms. The molecule has 0 bridgehead atoms. The van der Waals surface area contributed by atoms with Gasteiger partial charge in [-0.3, -0.25) is 9.59 Å². The lowest BCUT2D eigenvalue weighted by molar-refractivity contribution is -0.139. The van der Waals surface area contributed by atoms with Crippen molar-refractivity contribution < 1.29 is 23.5 Å². The minimum atomic E-state index is -0.587. The second kappa shape index (κ2) is 9.48. The lowest BCUT2D eigenvalue weighted by Gasteiger charge is -2.17. The van der Waals surface area contributed by atoms with Gasteiger partial charge in [0.1, 0.15) is 11.3 Å². The number of Topliss-reactive ketones (excluding diaryl/α,β-unsaturated/α-hetero) is 1. The van der Waals surface area contributed by atoms with E-state index in [-0.39, 0.29) is 24.4 Å². The third-order valence-corrected chi connectivity index (χ3v) is 6.06. The Morgan fingerprint density at radius 3 is 2.42 bits per heavy atom. The van der Waals surface area contributed by atoms with E-state index in [2.05, 4.69) is 4.90 Å². The first-order valence-electron chi connectivity index (χ1n) is 11.0. The fraction of sp³-hybridized carbons (Fsp3) is 0.346. The standard InChI is InChI=1S/C26H27NO6/c1-16-12-22(25-17(2)20(14-24(29)31-3)26(30)33-23(25)13-16)32-15-21(28)18-6-8-19(9-7-18)27-10-4-5-11-27/h6-9,12-13H,4-5,10-11,14-15H2,1-3H3. The topological polar surface area (TPSA) is 86.1 Å². The number of esters is 1. The zero-order valence-electron chi connectivity index (χ0n) is 19.1. The normalized spacial score (nSPS) is 13.4. The van der Waals surface area contributed by atoms with Crippen LogP contribution >= 0.6 is 0 Å². The molecule has 0 radical (unpaired) electrons. The van der Waals surface area contributed by atoms with Crippen molar-refractivity contribution in [1.82, 2.24) is 0 Å². The number of aryl methyl sites for hydroxylation is 2. The summed E-state index contributed by atoms with van der Waals surface area (Å²) in [5.41, 5.74) is 3.07. The highest BCUT2D eigenvalue weighted by Crippen LogP contribution is 2.31. The summed E-state index contributed by atoms with van der Waals surface area (Å²) in [7, 11) is 1.27. The molecule has 0 saturated carbocycles. The molecule has 1 saturated heterocycles. The number of fused-ring (bicyclic) bond motifs is 1. The number of nitrogens with zero attached hydrogens (tertiary/aromatic N) is 1. The number of methoxy groups -OCH3 is 1. The molecule has 2 aromatic carbocycles. The first-order chi connectivity index (χ1) is 15.9. The molecule has 0 atom stereocenters. The summed E-state index contributed by atoms with van der Waals surface area (Å²) < 4.78 is 16.1. The summed E-state index contributed by atoms with van der Waals surface area (Å²) in [5, 5.41) is 0.566. The number of hydrogen-bond donors (Lipinski definition) is 0. The number of carbonyl (C=O) groups is 2. The van der Waals surface area contributed by atoms with Gasteiger partial charge in [0, 0.05) is 24.3 Å². The molecule has 0 aliphatic carbocycles. The monoisotopic (exact) mass is 449 g/mol. The highest BCUT2D eigenvalue weighted by atomic mass is 16.5. The minimum absolute atomic E-state index is 0.151. The molecular formula is C26H27NO6. The highest BCUT2D eigenvalue weighted by Gasteiger charge is 2.19. The average Bonchev–Trinajstić information content (AvgIpc) is 3.34. The van der Waals surface area contributed by atoms with E-state index in [1.165, 1.54) is 20.0 Å². The maximum Gasteiger partial charge on any atom is 0.340 e. The highest BCUT2D eigenvalue weighted by molar-refractivity contribution is 5.98. The van der Waals surface area contributed by atoms with Crippen LogP contribution in [0.1, 0.15) is 39.9 Å². The molecule has 3 aromatic rings. The van der Waals surface area contributed by atoms with E-state index in [1.807, 2.05) is 31.2 Å². The summed E-state index contributed by atoms with van der Waals surface area (Å²) in [6.45, 7) is 5.52. The first kappa shape index (κ1) is 22.6. The van der Waals surface area contributed by atoms with Crippen molar-refractivity contribution in [3.63, 3.8) is 0 Å². The van der Waals surface area contributed by atoms with Crippen molar-refractivity contribution in [1.29, 1.82) is 0 Å². The molecule has 1 fully saturated rings. The molecule has 33 heavy (non-hydrogen) atoms. The van der Waals surface area contributed by atoms with Crippen molar-refractivity contribution >= 4 is 28.4 Å². The van der Waals surface area contributed by atoms with Crippen LogP contribution in [0, 0.1) is 13.8 Å². The maximum absolute atomic E-state index is 12.8. The smallest absolute Gasteiger partial charge is 0.340 e. The number of carbonyl (C=O) groups excluding carboxylic acids is 2. The maximum atomic E-state index is 12.8. The van der Waals surface area contributed by atoms with Gasteiger partial charge in [-0.2, -0.15) is 0 Å². The van der Waals surface area contributed by atoms with Gasteiger partial charge in [0.15, 0.2) is 12.4 Å². The molecular weight excluding hydrogens is 422 g/mol. The SMILES string of the molecule is COC(=O)Cc1c(C)c2c(OCC(=O)c3ccc(N4CCCC4)cc3)cc(C)cc2oc1=O. The van der Waals surface area contributed by atoms with Crippen LogP contribution in [-0.4, -0.2) is 38.6 Å². The van der Waals surface area contributed by atoms with Crippen LogP contribution in [0.15, 0.2) is 45.6 Å². The van der Waals surface area contributed by atoms with E-state index in [4.69, 9.17) is 13.9 Å². The van der Waals surface area contributed by atoms with Crippen LogP contribution in [0.4, 0.5) is 5.69 Å². The fourth-order valence-electron chi connectivity index (χ4n) is 4.23. The third kappa shape index (κ3) is 4.77. The molecule has 7 heteroatoms. The second-order valence-corrected chi connectivity index (χ2v) is 8.34. The predicted molar refractivity (Wildman–Crippen MR) is 125 cm³/mol. The van der Waals surface area contributed by atoms with Gasteiger partial charge in [-0.05, 0) is 74.2 Å². The van der Waals surface area contributed by atoms with Crippen molar-refractivity contribution in [2.45, 2.75) is 33.1 Å². The molecule has 4 rings (SSSR count). The van der Waals surface area contributed by atoms with Crippen LogP contribution in [0.5, 0.6) is 5.75 Å². The summed E-state index contributed by atoms with van der Waals surface area (Å²) in [4.78, 5) is 39.3. The number of ether oxygens (including phenoxy) is 2. The fourth-order valence-corrected chi connectivity index (χ4v) is 4.23. The molecule has 172 valence electrons. The molecule has 0 unspecified atom stereocenters. The summed E-state index contributed by atoms with van der Waals surface area (Å²) in [6.07, 6.45) is 2.19. The Morgan fingerprint density at radius 1 is 1.06 bits per heavy atom. The Hall–Kier alpha value is -3.61. The predicted octanol–water partition coefficient (Wildman–Crippen LogP) is 3.99. The lowest BCUT2D eigenvalue weighted by atomic mass is 10.0. The van der Waals surface area contributed by atoms with Crippen LogP contribution in [0.25, 0.3) is 11.0 Å². The Kier molecular flexibility index (Phi) is 6.49. The number of anilines is 1. The van der Waals surface area contributed by atoms with E-state index >= 15 is 0 Å². The molecule has 2 heterocycles. The Bertz CT molecular complexity index is 1250. The van der Waals surface area contributed by atoms with Crippen molar-refractivity contribution in [3.8, 4) is 5.75 Å². The third-order valence-electron chi connectivity index (χ3n) is 6.06.